The molecule has 0 aromatic heterocycles. The molecule has 0 atom stereocenters. The van der Waals surface area contributed by atoms with Crippen molar-refractivity contribution >= 4 is 15.2 Å². The van der Waals surface area contributed by atoms with Gasteiger partial charge in [0.15, 0.2) is 5.40 Å². The summed E-state index contributed by atoms with van der Waals surface area (Å²) in [5, 5.41) is -1.11. The number of hydrogen-bond donors (Lipinski definition) is 0. The second-order valence-electron chi connectivity index (χ2n) is 5.27. The smallest absolute Gasteiger partial charge is 0.311 e. The molecule has 0 N–H and O–H groups in total. The minimum Gasteiger partial charge on any atom is -0.311 e. The van der Waals surface area contributed by atoms with E-state index in [1.807, 2.05) is 44.2 Å². The van der Waals surface area contributed by atoms with Gasteiger partial charge in [-0.3, -0.25) is 9.13 Å². The van der Waals surface area contributed by atoms with E-state index in [0.717, 1.165) is 5.56 Å². The topological polar surface area (TPSA) is 71.1 Å². The molecule has 0 heterocycles. The van der Waals surface area contributed by atoms with Crippen molar-refractivity contribution in [3.8, 4) is 0 Å². The van der Waals surface area contributed by atoms with E-state index in [4.69, 9.17) is 18.1 Å². The lowest BCUT2D eigenvalue weighted by Crippen LogP contribution is -2.35. The Kier molecular flexibility index (Phi) is 6.58. The molecule has 0 fully saturated rings. The highest BCUT2D eigenvalue weighted by molar-refractivity contribution is 7.72. The minimum absolute atomic E-state index is 0.823. The molecule has 1 aromatic carbocycles. The molecule has 0 unspecified atom stereocenters. The van der Waals surface area contributed by atoms with Crippen LogP contribution in [0.2, 0.25) is 0 Å². The second kappa shape index (κ2) is 7.39. The van der Waals surface area contributed by atoms with Crippen molar-refractivity contribution < 1.29 is 27.2 Å². The van der Waals surface area contributed by atoms with Crippen LogP contribution in [0.3, 0.4) is 0 Å². The van der Waals surface area contributed by atoms with Crippen LogP contribution in [0.5, 0.6) is 0 Å². The predicted octanol–water partition coefficient (Wildman–Crippen LogP) is 4.26. The average molecular weight is 350 g/mol. The van der Waals surface area contributed by atoms with Crippen molar-refractivity contribution in [1.82, 2.24) is 0 Å². The minimum atomic E-state index is -3.75. The highest BCUT2D eigenvalue weighted by Gasteiger charge is 2.57. The van der Waals surface area contributed by atoms with Crippen molar-refractivity contribution in [3.05, 3.63) is 35.9 Å². The molecular weight excluding hydrogens is 326 g/mol. The Balaban J connectivity index is 3.58. The third-order valence-electron chi connectivity index (χ3n) is 3.78. The maximum atomic E-state index is 13.1. The van der Waals surface area contributed by atoms with Crippen LogP contribution in [0, 0.1) is 0 Å². The SMILES string of the molecule is COP(=O)(OC)C(C(C)(C)c1ccccc1)P(=O)(OC)OC. The molecule has 0 amide bonds. The van der Waals surface area contributed by atoms with E-state index in [1.165, 1.54) is 28.4 Å². The first-order valence-corrected chi connectivity index (χ1v) is 9.92. The van der Waals surface area contributed by atoms with Gasteiger partial charge in [-0.05, 0) is 5.56 Å². The van der Waals surface area contributed by atoms with Crippen molar-refractivity contribution in [2.75, 3.05) is 28.4 Å². The zero-order valence-electron chi connectivity index (χ0n) is 13.8. The van der Waals surface area contributed by atoms with E-state index in [9.17, 15) is 9.13 Å². The van der Waals surface area contributed by atoms with Crippen molar-refractivity contribution in [1.29, 1.82) is 0 Å². The molecule has 22 heavy (non-hydrogen) atoms. The molecule has 0 saturated heterocycles. The number of hydrogen-bond acceptors (Lipinski definition) is 6. The maximum absolute atomic E-state index is 13.1. The summed E-state index contributed by atoms with van der Waals surface area (Å²) in [4.78, 5) is 0. The van der Waals surface area contributed by atoms with E-state index in [1.54, 1.807) is 0 Å². The van der Waals surface area contributed by atoms with Crippen LogP contribution < -0.4 is 0 Å². The van der Waals surface area contributed by atoms with Gasteiger partial charge in [0.2, 0.25) is 0 Å². The summed E-state index contributed by atoms with van der Waals surface area (Å²) in [6.07, 6.45) is 0. The van der Waals surface area contributed by atoms with Crippen molar-refractivity contribution in [2.45, 2.75) is 24.7 Å². The molecule has 0 radical (unpaired) electrons. The Hall–Kier alpha value is -0.480. The van der Waals surface area contributed by atoms with Gasteiger partial charge in [-0.25, -0.2) is 0 Å². The Morgan fingerprint density at radius 3 is 1.50 bits per heavy atom. The molecule has 0 bridgehead atoms. The molecular formula is C14H24O6P2. The quantitative estimate of drug-likeness (QED) is 0.652. The van der Waals surface area contributed by atoms with Crippen molar-refractivity contribution in [2.24, 2.45) is 0 Å². The van der Waals surface area contributed by atoms with Crippen LogP contribution in [0.15, 0.2) is 30.3 Å². The third kappa shape index (κ3) is 3.53. The van der Waals surface area contributed by atoms with E-state index in [2.05, 4.69) is 0 Å². The summed E-state index contributed by atoms with van der Waals surface area (Å²) in [6.45, 7) is 3.62. The first kappa shape index (κ1) is 19.6. The van der Waals surface area contributed by atoms with E-state index >= 15 is 0 Å². The summed E-state index contributed by atoms with van der Waals surface area (Å²) in [5.41, 5.74) is -0.0201. The second-order valence-corrected chi connectivity index (χ2v) is 10.3. The van der Waals surface area contributed by atoms with Crippen LogP contribution in [0.1, 0.15) is 19.4 Å². The summed E-state index contributed by atoms with van der Waals surface area (Å²) in [6, 6.07) is 9.29. The van der Waals surface area contributed by atoms with Gasteiger partial charge in [0.1, 0.15) is 0 Å². The average Bonchev–Trinajstić information content (AvgIpc) is 2.55. The molecule has 126 valence electrons. The van der Waals surface area contributed by atoms with Crippen LogP contribution in [-0.2, 0) is 32.6 Å². The Morgan fingerprint density at radius 2 is 1.18 bits per heavy atom. The van der Waals surface area contributed by atoms with Gasteiger partial charge in [0.05, 0.1) is 0 Å². The van der Waals surface area contributed by atoms with Gasteiger partial charge < -0.3 is 18.1 Å². The van der Waals surface area contributed by atoms with Gasteiger partial charge >= 0.3 is 15.2 Å². The monoisotopic (exact) mass is 350 g/mol. The molecule has 0 saturated carbocycles. The lowest BCUT2D eigenvalue weighted by atomic mass is 9.86. The Labute approximate surface area is 132 Å². The van der Waals surface area contributed by atoms with E-state index in [-0.39, 0.29) is 0 Å². The van der Waals surface area contributed by atoms with Gasteiger partial charge in [-0.15, -0.1) is 0 Å². The number of benzene rings is 1. The van der Waals surface area contributed by atoms with Crippen LogP contribution >= 0.6 is 15.2 Å². The standard InChI is InChI=1S/C14H24O6P2/c1-14(2,12-10-8-7-9-11-12)13(21(15,17-3)18-4)22(16,19-5)20-6/h7-11,13H,1-6H3. The highest BCUT2D eigenvalue weighted by Crippen LogP contribution is 2.74. The largest absolute Gasteiger partial charge is 0.346 e. The van der Waals surface area contributed by atoms with Crippen LogP contribution in [-0.4, -0.2) is 33.8 Å². The van der Waals surface area contributed by atoms with Crippen molar-refractivity contribution in [3.63, 3.8) is 0 Å². The summed E-state index contributed by atoms with van der Waals surface area (Å²) in [5.74, 6) is 0. The molecule has 0 aliphatic rings. The fourth-order valence-electron chi connectivity index (χ4n) is 2.53. The molecule has 6 nitrogen and oxygen atoms in total. The van der Waals surface area contributed by atoms with Gasteiger partial charge in [-0.2, -0.15) is 0 Å². The predicted molar refractivity (Wildman–Crippen MR) is 86.5 cm³/mol. The molecule has 0 spiro atoms. The molecule has 1 aromatic rings. The lowest BCUT2D eigenvalue weighted by molar-refractivity contribution is 0.231. The van der Waals surface area contributed by atoms with E-state index in [0.29, 0.717) is 0 Å². The van der Waals surface area contributed by atoms with Crippen LogP contribution in [0.4, 0.5) is 0 Å². The maximum Gasteiger partial charge on any atom is 0.346 e. The number of rotatable bonds is 8. The van der Waals surface area contributed by atoms with Crippen LogP contribution in [0.25, 0.3) is 0 Å². The lowest BCUT2D eigenvalue weighted by Gasteiger charge is -2.39. The Bertz CT molecular complexity index is 530. The van der Waals surface area contributed by atoms with Gasteiger partial charge in [0.25, 0.3) is 0 Å². The summed E-state index contributed by atoms with van der Waals surface area (Å²) >= 11 is 0. The first-order valence-electron chi connectivity index (χ1n) is 6.69. The fourth-order valence-corrected chi connectivity index (χ4v) is 8.02. The molecule has 1 rings (SSSR count). The molecule has 0 aliphatic carbocycles. The molecule has 0 aliphatic heterocycles. The third-order valence-corrected chi connectivity index (χ3v) is 10.0. The zero-order valence-corrected chi connectivity index (χ0v) is 15.6. The summed E-state index contributed by atoms with van der Waals surface area (Å²) in [7, 11) is -2.46. The van der Waals surface area contributed by atoms with Gasteiger partial charge in [0, 0.05) is 33.9 Å². The zero-order chi connectivity index (χ0) is 17.0. The summed E-state index contributed by atoms with van der Waals surface area (Å²) < 4.78 is 46.5. The fraction of sp³-hybridized carbons (Fsp3) is 0.571. The highest BCUT2D eigenvalue weighted by atomic mass is 31.2. The first-order chi connectivity index (χ1) is 10.2. The van der Waals surface area contributed by atoms with E-state index < -0.39 is 26.0 Å². The van der Waals surface area contributed by atoms with Gasteiger partial charge in [-0.1, -0.05) is 44.2 Å². The normalized spacial score (nSPS) is 13.6. The molecule has 8 heteroatoms. The Morgan fingerprint density at radius 1 is 0.818 bits per heavy atom.